The van der Waals surface area contributed by atoms with Crippen molar-refractivity contribution < 1.29 is 13.7 Å². The van der Waals surface area contributed by atoms with E-state index in [1.165, 1.54) is 0 Å². The third-order valence-corrected chi connectivity index (χ3v) is 4.36. The van der Waals surface area contributed by atoms with E-state index < -0.39 is 11.1 Å². The molecule has 0 bridgehead atoms. The Kier molecular flexibility index (Phi) is 5.63. The van der Waals surface area contributed by atoms with Crippen LogP contribution in [0.15, 0.2) is 4.52 Å². The van der Waals surface area contributed by atoms with Crippen molar-refractivity contribution >= 4 is 5.91 Å². The standard InChI is InChI=1S/C17H29FN4O2/c1-12(2)14-20-13(24-21-14)10-22-8-6-17(18,7-9-22)11-19-15(23)16(3,4)5/h12H,6-11H2,1-5H3,(H,19,23). The van der Waals surface area contributed by atoms with E-state index in [2.05, 4.69) is 20.4 Å². The first kappa shape index (κ1) is 18.8. The molecule has 0 radical (unpaired) electrons. The van der Waals surface area contributed by atoms with Gasteiger partial charge in [-0.1, -0.05) is 39.8 Å². The number of aromatic nitrogens is 2. The number of rotatable bonds is 5. The predicted molar refractivity (Wildman–Crippen MR) is 89.2 cm³/mol. The Morgan fingerprint density at radius 1 is 1.38 bits per heavy atom. The minimum absolute atomic E-state index is 0.0784. The van der Waals surface area contributed by atoms with Gasteiger partial charge in [-0.25, -0.2) is 4.39 Å². The summed E-state index contributed by atoms with van der Waals surface area (Å²) in [6.07, 6.45) is 0.783. The van der Waals surface area contributed by atoms with E-state index in [1.807, 2.05) is 34.6 Å². The number of hydrogen-bond acceptors (Lipinski definition) is 5. The van der Waals surface area contributed by atoms with Crippen molar-refractivity contribution in [2.24, 2.45) is 5.41 Å². The quantitative estimate of drug-likeness (QED) is 0.892. The van der Waals surface area contributed by atoms with Crippen molar-refractivity contribution in [1.29, 1.82) is 0 Å². The minimum atomic E-state index is -1.34. The predicted octanol–water partition coefficient (Wildman–Crippen LogP) is 2.66. The monoisotopic (exact) mass is 340 g/mol. The Labute approximate surface area is 143 Å². The molecule has 1 aliphatic heterocycles. The molecule has 1 aromatic rings. The topological polar surface area (TPSA) is 71.3 Å². The first-order valence-corrected chi connectivity index (χ1v) is 8.61. The summed E-state index contributed by atoms with van der Waals surface area (Å²) in [7, 11) is 0. The Hall–Kier alpha value is -1.50. The van der Waals surface area contributed by atoms with Gasteiger partial charge in [0.05, 0.1) is 13.1 Å². The van der Waals surface area contributed by atoms with Crippen LogP contribution in [0.4, 0.5) is 4.39 Å². The van der Waals surface area contributed by atoms with Crippen LogP contribution in [0.3, 0.4) is 0 Å². The van der Waals surface area contributed by atoms with Gasteiger partial charge >= 0.3 is 0 Å². The summed E-state index contributed by atoms with van der Waals surface area (Å²) >= 11 is 0. The molecule has 0 atom stereocenters. The van der Waals surface area contributed by atoms with Gasteiger partial charge < -0.3 is 9.84 Å². The third-order valence-electron chi connectivity index (χ3n) is 4.36. The summed E-state index contributed by atoms with van der Waals surface area (Å²) in [5.41, 5.74) is -1.83. The molecule has 1 amide bonds. The van der Waals surface area contributed by atoms with Crippen molar-refractivity contribution in [3.63, 3.8) is 0 Å². The Morgan fingerprint density at radius 2 is 2.00 bits per heavy atom. The SMILES string of the molecule is CC(C)c1noc(CN2CCC(F)(CNC(=O)C(C)(C)C)CC2)n1. The van der Waals surface area contributed by atoms with E-state index >= 15 is 0 Å². The summed E-state index contributed by atoms with van der Waals surface area (Å²) in [5, 5.41) is 6.69. The lowest BCUT2D eigenvalue weighted by Crippen LogP contribution is -2.49. The maximum atomic E-state index is 14.9. The van der Waals surface area contributed by atoms with Gasteiger partial charge in [-0.3, -0.25) is 9.69 Å². The zero-order chi connectivity index (χ0) is 18.0. The van der Waals surface area contributed by atoms with E-state index in [1.54, 1.807) is 0 Å². The summed E-state index contributed by atoms with van der Waals surface area (Å²) < 4.78 is 20.1. The molecule has 2 heterocycles. The lowest BCUT2D eigenvalue weighted by atomic mass is 9.91. The van der Waals surface area contributed by atoms with Crippen LogP contribution in [-0.2, 0) is 11.3 Å². The van der Waals surface area contributed by atoms with Crippen molar-refractivity contribution in [2.45, 2.75) is 65.6 Å². The van der Waals surface area contributed by atoms with Crippen LogP contribution in [-0.4, -0.2) is 46.3 Å². The van der Waals surface area contributed by atoms with Gasteiger partial charge in [0.15, 0.2) is 5.82 Å². The normalized spacial score (nSPS) is 18.8. The minimum Gasteiger partial charge on any atom is -0.352 e. The zero-order valence-corrected chi connectivity index (χ0v) is 15.4. The summed E-state index contributed by atoms with van der Waals surface area (Å²) in [6, 6.07) is 0. The van der Waals surface area contributed by atoms with Crippen LogP contribution in [0.1, 0.15) is 65.1 Å². The molecule has 6 nitrogen and oxygen atoms in total. The van der Waals surface area contributed by atoms with Crippen molar-refractivity contribution in [3.05, 3.63) is 11.7 Å². The van der Waals surface area contributed by atoms with Crippen molar-refractivity contribution in [1.82, 2.24) is 20.4 Å². The number of amides is 1. The number of carbonyl (C=O) groups is 1. The highest BCUT2D eigenvalue weighted by Gasteiger charge is 2.36. The summed E-state index contributed by atoms with van der Waals surface area (Å²) in [6.45, 7) is 11.3. The lowest BCUT2D eigenvalue weighted by Gasteiger charge is -2.36. The van der Waals surface area contributed by atoms with Crippen LogP contribution in [0.25, 0.3) is 0 Å². The third kappa shape index (κ3) is 5.00. The molecule has 24 heavy (non-hydrogen) atoms. The average Bonchev–Trinajstić information content (AvgIpc) is 2.95. The van der Waals surface area contributed by atoms with E-state index in [9.17, 15) is 9.18 Å². The number of carbonyl (C=O) groups excluding carboxylic acids is 1. The number of hydrogen-bond donors (Lipinski definition) is 1. The van der Waals surface area contributed by atoms with E-state index in [0.717, 1.165) is 0 Å². The first-order valence-electron chi connectivity index (χ1n) is 8.61. The van der Waals surface area contributed by atoms with Crippen LogP contribution in [0.2, 0.25) is 0 Å². The molecule has 1 fully saturated rings. The molecule has 0 saturated carbocycles. The van der Waals surface area contributed by atoms with E-state index in [4.69, 9.17) is 4.52 Å². The first-order chi connectivity index (χ1) is 11.1. The van der Waals surface area contributed by atoms with Crippen LogP contribution >= 0.6 is 0 Å². The molecule has 1 aromatic heterocycles. The fourth-order valence-electron chi connectivity index (χ4n) is 2.55. The molecular formula is C17H29FN4O2. The van der Waals surface area contributed by atoms with Crippen LogP contribution in [0.5, 0.6) is 0 Å². The van der Waals surface area contributed by atoms with Crippen LogP contribution < -0.4 is 5.32 Å². The molecule has 136 valence electrons. The van der Waals surface area contributed by atoms with Gasteiger partial charge in [0.2, 0.25) is 11.8 Å². The number of likely N-dealkylation sites (tertiary alicyclic amines) is 1. The Balaban J connectivity index is 1.80. The molecule has 1 N–H and O–H groups in total. The molecule has 0 aromatic carbocycles. The molecule has 1 saturated heterocycles. The zero-order valence-electron chi connectivity index (χ0n) is 15.4. The highest BCUT2D eigenvalue weighted by molar-refractivity contribution is 5.81. The number of alkyl halides is 1. The highest BCUT2D eigenvalue weighted by atomic mass is 19.1. The number of nitrogens with zero attached hydrogens (tertiary/aromatic N) is 3. The Bertz CT molecular complexity index is 557. The average molecular weight is 340 g/mol. The summed E-state index contributed by atoms with van der Waals surface area (Å²) in [4.78, 5) is 18.4. The van der Waals surface area contributed by atoms with Crippen molar-refractivity contribution in [3.8, 4) is 0 Å². The molecule has 0 unspecified atom stereocenters. The number of piperidine rings is 1. The van der Waals surface area contributed by atoms with Gasteiger partial charge in [0.25, 0.3) is 0 Å². The smallest absolute Gasteiger partial charge is 0.240 e. The molecular weight excluding hydrogens is 311 g/mol. The van der Waals surface area contributed by atoms with Gasteiger partial charge in [0, 0.05) is 24.4 Å². The fourth-order valence-corrected chi connectivity index (χ4v) is 2.55. The second-order valence-electron chi connectivity index (χ2n) is 8.06. The van der Waals surface area contributed by atoms with Crippen molar-refractivity contribution in [2.75, 3.05) is 19.6 Å². The molecule has 0 spiro atoms. The number of nitrogens with one attached hydrogen (secondary N) is 1. The second kappa shape index (κ2) is 7.17. The van der Waals surface area contributed by atoms with E-state index in [0.29, 0.717) is 44.2 Å². The van der Waals surface area contributed by atoms with Gasteiger partial charge in [-0.15, -0.1) is 0 Å². The second-order valence-corrected chi connectivity index (χ2v) is 8.06. The molecule has 2 rings (SSSR count). The molecule has 7 heteroatoms. The van der Waals surface area contributed by atoms with E-state index in [-0.39, 0.29) is 18.4 Å². The Morgan fingerprint density at radius 3 is 2.50 bits per heavy atom. The lowest BCUT2D eigenvalue weighted by molar-refractivity contribution is -0.129. The maximum Gasteiger partial charge on any atom is 0.240 e. The van der Waals surface area contributed by atoms with Gasteiger partial charge in [-0.2, -0.15) is 4.98 Å². The fraction of sp³-hybridized carbons (Fsp3) is 0.824. The molecule has 1 aliphatic rings. The molecule has 0 aliphatic carbocycles. The number of halogens is 1. The van der Waals surface area contributed by atoms with Crippen LogP contribution in [0, 0.1) is 5.41 Å². The highest BCUT2D eigenvalue weighted by Crippen LogP contribution is 2.27. The van der Waals surface area contributed by atoms with Gasteiger partial charge in [-0.05, 0) is 12.8 Å². The maximum absolute atomic E-state index is 14.9. The largest absolute Gasteiger partial charge is 0.352 e. The summed E-state index contributed by atoms with van der Waals surface area (Å²) in [5.74, 6) is 1.39. The van der Waals surface area contributed by atoms with Gasteiger partial charge in [0.1, 0.15) is 5.67 Å².